The summed E-state index contributed by atoms with van der Waals surface area (Å²) in [4.78, 5) is 0. The van der Waals surface area contributed by atoms with E-state index in [1.54, 1.807) is 0 Å². The van der Waals surface area contributed by atoms with Crippen molar-refractivity contribution in [1.82, 2.24) is 5.32 Å². The third kappa shape index (κ3) is 3.71. The van der Waals surface area contributed by atoms with Crippen LogP contribution in [0.4, 0.5) is 0 Å². The molecule has 0 unspecified atom stereocenters. The van der Waals surface area contributed by atoms with Crippen molar-refractivity contribution >= 4 is 27.5 Å². The van der Waals surface area contributed by atoms with Gasteiger partial charge in [0.05, 0.1) is 5.02 Å². The molecule has 0 aliphatic carbocycles. The van der Waals surface area contributed by atoms with Gasteiger partial charge in [-0.25, -0.2) is 0 Å². The summed E-state index contributed by atoms with van der Waals surface area (Å²) < 4.78 is 0.923. The molecule has 1 N–H and O–H groups in total. The first-order valence-corrected chi connectivity index (χ1v) is 5.49. The van der Waals surface area contributed by atoms with Gasteiger partial charge in [-0.15, -0.1) is 12.3 Å². The molecule has 1 aromatic rings. The van der Waals surface area contributed by atoms with Crippen molar-refractivity contribution in [2.45, 2.75) is 13.0 Å². The van der Waals surface area contributed by atoms with Gasteiger partial charge in [-0.1, -0.05) is 17.7 Å². The molecule has 0 saturated carbocycles. The summed E-state index contributed by atoms with van der Waals surface area (Å²) in [6.45, 7) is 1.64. The number of hydrogen-bond acceptors (Lipinski definition) is 1. The highest BCUT2D eigenvalue weighted by Crippen LogP contribution is 2.22. The predicted molar refractivity (Wildman–Crippen MR) is 64.3 cm³/mol. The normalized spacial score (nSPS) is 9.79. The minimum atomic E-state index is 0.737. The Hall–Kier alpha value is -0.490. The molecule has 0 saturated heterocycles. The number of benzene rings is 1. The van der Waals surface area contributed by atoms with Crippen LogP contribution in [0, 0.1) is 12.3 Å². The van der Waals surface area contributed by atoms with E-state index in [-0.39, 0.29) is 0 Å². The summed E-state index contributed by atoms with van der Waals surface area (Å²) in [5.74, 6) is 2.58. The molecule has 14 heavy (non-hydrogen) atoms. The zero-order valence-electron chi connectivity index (χ0n) is 7.69. The van der Waals surface area contributed by atoms with Crippen molar-refractivity contribution in [3.8, 4) is 12.3 Å². The standard InChI is InChI=1S/C11H11BrClN/c1-2-3-6-14-8-9-4-5-10(12)11(13)7-9/h1,4-5,7,14H,3,6,8H2. The topological polar surface area (TPSA) is 12.0 Å². The smallest absolute Gasteiger partial charge is 0.0551 e. The molecule has 0 aliphatic heterocycles. The number of halogens is 2. The maximum absolute atomic E-state index is 5.95. The first kappa shape index (κ1) is 11.6. The number of nitrogens with one attached hydrogen (secondary N) is 1. The molecule has 0 atom stereocenters. The quantitative estimate of drug-likeness (QED) is 0.655. The Morgan fingerprint density at radius 2 is 2.29 bits per heavy atom. The molecule has 0 bridgehead atoms. The minimum absolute atomic E-state index is 0.737. The lowest BCUT2D eigenvalue weighted by molar-refractivity contribution is 0.701. The maximum atomic E-state index is 5.95. The monoisotopic (exact) mass is 271 g/mol. The summed E-state index contributed by atoms with van der Waals surface area (Å²) in [6.07, 6.45) is 5.89. The lowest BCUT2D eigenvalue weighted by Gasteiger charge is -2.04. The van der Waals surface area contributed by atoms with E-state index in [4.69, 9.17) is 18.0 Å². The molecule has 74 valence electrons. The van der Waals surface area contributed by atoms with Crippen LogP contribution in [0.3, 0.4) is 0 Å². The van der Waals surface area contributed by atoms with Crippen molar-refractivity contribution in [1.29, 1.82) is 0 Å². The van der Waals surface area contributed by atoms with E-state index in [1.807, 2.05) is 18.2 Å². The van der Waals surface area contributed by atoms with Crippen molar-refractivity contribution < 1.29 is 0 Å². The van der Waals surface area contributed by atoms with E-state index < -0.39 is 0 Å². The Morgan fingerprint density at radius 3 is 2.93 bits per heavy atom. The molecular weight excluding hydrogens is 261 g/mol. The number of terminal acetylenes is 1. The Bertz CT molecular complexity index is 344. The zero-order valence-corrected chi connectivity index (χ0v) is 10.0. The largest absolute Gasteiger partial charge is 0.312 e. The van der Waals surface area contributed by atoms with E-state index >= 15 is 0 Å². The van der Waals surface area contributed by atoms with Crippen LogP contribution in [0.1, 0.15) is 12.0 Å². The van der Waals surface area contributed by atoms with Crippen molar-refractivity contribution in [3.63, 3.8) is 0 Å². The van der Waals surface area contributed by atoms with E-state index in [2.05, 4.69) is 27.2 Å². The van der Waals surface area contributed by atoms with E-state index in [0.717, 1.165) is 34.6 Å². The van der Waals surface area contributed by atoms with Gasteiger partial charge in [0, 0.05) is 24.0 Å². The van der Waals surface area contributed by atoms with Gasteiger partial charge >= 0.3 is 0 Å². The van der Waals surface area contributed by atoms with Crippen LogP contribution in [-0.2, 0) is 6.54 Å². The van der Waals surface area contributed by atoms with E-state index in [9.17, 15) is 0 Å². The average Bonchev–Trinajstić information content (AvgIpc) is 2.18. The lowest BCUT2D eigenvalue weighted by Crippen LogP contribution is -2.13. The predicted octanol–water partition coefficient (Wildman–Crippen LogP) is 3.22. The average molecular weight is 273 g/mol. The maximum Gasteiger partial charge on any atom is 0.0551 e. The summed E-state index contributed by atoms with van der Waals surface area (Å²) in [5.41, 5.74) is 1.16. The van der Waals surface area contributed by atoms with Crippen LogP contribution in [0.5, 0.6) is 0 Å². The Kier molecular flexibility index (Phi) is 5.03. The molecule has 0 aliphatic rings. The number of hydrogen-bond donors (Lipinski definition) is 1. The van der Waals surface area contributed by atoms with Gasteiger partial charge in [-0.05, 0) is 33.6 Å². The molecule has 0 amide bonds. The Balaban J connectivity index is 2.44. The molecule has 0 aromatic heterocycles. The summed E-state index contributed by atoms with van der Waals surface area (Å²) in [6, 6.07) is 5.91. The molecule has 1 nitrogen and oxygen atoms in total. The van der Waals surface area contributed by atoms with Gasteiger partial charge in [-0.2, -0.15) is 0 Å². The molecule has 0 fully saturated rings. The van der Waals surface area contributed by atoms with Crippen molar-refractivity contribution in [2.24, 2.45) is 0 Å². The Labute approximate surface area is 98.0 Å². The van der Waals surface area contributed by atoms with Gasteiger partial charge in [0.25, 0.3) is 0 Å². The third-order valence-electron chi connectivity index (χ3n) is 1.76. The molecule has 0 radical (unpaired) electrons. The SMILES string of the molecule is C#CCCNCc1ccc(Br)c(Cl)c1. The van der Waals surface area contributed by atoms with Gasteiger partial charge < -0.3 is 5.32 Å². The Morgan fingerprint density at radius 1 is 1.50 bits per heavy atom. The van der Waals surface area contributed by atoms with Crippen LogP contribution in [0.25, 0.3) is 0 Å². The molecule has 0 heterocycles. The fraction of sp³-hybridized carbons (Fsp3) is 0.273. The van der Waals surface area contributed by atoms with Crippen LogP contribution in [0.15, 0.2) is 22.7 Å². The molecule has 3 heteroatoms. The molecular formula is C11H11BrClN. The fourth-order valence-corrected chi connectivity index (χ4v) is 1.49. The number of rotatable bonds is 4. The van der Waals surface area contributed by atoms with Gasteiger partial charge in [0.15, 0.2) is 0 Å². The minimum Gasteiger partial charge on any atom is -0.312 e. The second-order valence-corrected chi connectivity index (χ2v) is 4.14. The summed E-state index contributed by atoms with van der Waals surface area (Å²) in [5, 5.41) is 3.97. The summed E-state index contributed by atoms with van der Waals surface area (Å²) >= 11 is 9.29. The van der Waals surface area contributed by atoms with E-state index in [1.165, 1.54) is 0 Å². The van der Waals surface area contributed by atoms with Crippen LogP contribution < -0.4 is 5.32 Å². The zero-order chi connectivity index (χ0) is 10.4. The molecule has 1 aromatic carbocycles. The van der Waals surface area contributed by atoms with Crippen molar-refractivity contribution in [3.05, 3.63) is 33.3 Å². The lowest BCUT2D eigenvalue weighted by atomic mass is 10.2. The summed E-state index contributed by atoms with van der Waals surface area (Å²) in [7, 11) is 0. The highest BCUT2D eigenvalue weighted by atomic mass is 79.9. The van der Waals surface area contributed by atoms with Crippen LogP contribution in [-0.4, -0.2) is 6.54 Å². The van der Waals surface area contributed by atoms with Crippen LogP contribution in [0.2, 0.25) is 5.02 Å². The highest BCUT2D eigenvalue weighted by Gasteiger charge is 1.98. The van der Waals surface area contributed by atoms with E-state index in [0.29, 0.717) is 0 Å². The first-order chi connectivity index (χ1) is 6.74. The highest BCUT2D eigenvalue weighted by molar-refractivity contribution is 9.10. The molecule has 1 rings (SSSR count). The second kappa shape index (κ2) is 6.08. The van der Waals surface area contributed by atoms with Crippen molar-refractivity contribution in [2.75, 3.05) is 6.54 Å². The first-order valence-electron chi connectivity index (χ1n) is 4.32. The molecule has 0 spiro atoms. The fourth-order valence-electron chi connectivity index (χ4n) is 1.04. The second-order valence-electron chi connectivity index (χ2n) is 2.88. The van der Waals surface area contributed by atoms with Crippen LogP contribution >= 0.6 is 27.5 Å². The van der Waals surface area contributed by atoms with Gasteiger partial charge in [0.1, 0.15) is 0 Å². The third-order valence-corrected chi connectivity index (χ3v) is 2.99. The van der Waals surface area contributed by atoms with Gasteiger partial charge in [-0.3, -0.25) is 0 Å². The van der Waals surface area contributed by atoms with Gasteiger partial charge in [0.2, 0.25) is 0 Å².